The van der Waals surface area contributed by atoms with Crippen LogP contribution in [0.2, 0.25) is 0 Å². The highest BCUT2D eigenvalue weighted by atomic mass is 79.9. The molecule has 0 atom stereocenters. The predicted molar refractivity (Wildman–Crippen MR) is 123 cm³/mol. The summed E-state index contributed by atoms with van der Waals surface area (Å²) >= 11 is 3.34. The van der Waals surface area contributed by atoms with Crippen LogP contribution in [0.3, 0.4) is 0 Å². The summed E-state index contributed by atoms with van der Waals surface area (Å²) in [4.78, 5) is 36.4. The van der Waals surface area contributed by atoms with Crippen LogP contribution in [0.4, 0.5) is 5.69 Å². The molecule has 0 spiro atoms. The van der Waals surface area contributed by atoms with E-state index in [1.807, 2.05) is 0 Å². The smallest absolute Gasteiger partial charge is 0.343 e. The number of carbonyl (C=O) groups is 3. The summed E-state index contributed by atoms with van der Waals surface area (Å²) in [6, 6.07) is 20.0. The van der Waals surface area contributed by atoms with Gasteiger partial charge in [-0.05, 0) is 42.5 Å². The Balaban J connectivity index is 1.65. The van der Waals surface area contributed by atoms with Crippen LogP contribution in [0, 0.1) is 0 Å². The van der Waals surface area contributed by atoms with Crippen LogP contribution in [0.15, 0.2) is 82.4 Å². The Kier molecular flexibility index (Phi) is 7.71. The van der Waals surface area contributed by atoms with E-state index < -0.39 is 17.8 Å². The molecule has 162 valence electrons. The molecule has 2 amide bonds. The van der Waals surface area contributed by atoms with Gasteiger partial charge in [-0.1, -0.05) is 40.2 Å². The maximum absolute atomic E-state index is 12.3. The van der Waals surface area contributed by atoms with Crippen LogP contribution >= 0.6 is 15.9 Å². The number of esters is 1. The Labute approximate surface area is 192 Å². The van der Waals surface area contributed by atoms with Gasteiger partial charge in [0.15, 0.2) is 0 Å². The van der Waals surface area contributed by atoms with Gasteiger partial charge in [-0.25, -0.2) is 10.2 Å². The third-order valence-electron chi connectivity index (χ3n) is 4.09. The van der Waals surface area contributed by atoms with Crippen molar-refractivity contribution in [2.24, 2.45) is 5.10 Å². The van der Waals surface area contributed by atoms with E-state index >= 15 is 0 Å². The number of hydrazone groups is 1. The fourth-order valence-corrected chi connectivity index (χ4v) is 2.92. The summed E-state index contributed by atoms with van der Waals surface area (Å²) in [5.41, 5.74) is 3.35. The van der Waals surface area contributed by atoms with Gasteiger partial charge in [0.25, 0.3) is 0 Å². The highest BCUT2D eigenvalue weighted by molar-refractivity contribution is 9.10. The number of benzene rings is 3. The van der Waals surface area contributed by atoms with E-state index in [0.717, 1.165) is 0 Å². The van der Waals surface area contributed by atoms with Crippen LogP contribution in [0.1, 0.15) is 15.9 Å². The lowest BCUT2D eigenvalue weighted by Crippen LogP contribution is -2.32. The molecule has 3 aromatic carbocycles. The molecule has 2 N–H and O–H groups in total. The van der Waals surface area contributed by atoms with E-state index in [0.29, 0.717) is 27.0 Å². The monoisotopic (exact) mass is 495 g/mol. The van der Waals surface area contributed by atoms with Gasteiger partial charge in [0.2, 0.25) is 0 Å². The number of halogens is 1. The van der Waals surface area contributed by atoms with Crippen LogP contribution in [0.5, 0.6) is 11.5 Å². The molecule has 0 bridgehead atoms. The molecule has 0 aromatic heterocycles. The number of nitrogens with one attached hydrogen (secondary N) is 2. The van der Waals surface area contributed by atoms with Crippen molar-refractivity contribution >= 4 is 45.6 Å². The molecule has 32 heavy (non-hydrogen) atoms. The van der Waals surface area contributed by atoms with Crippen molar-refractivity contribution in [3.8, 4) is 11.5 Å². The predicted octanol–water partition coefficient (Wildman–Crippen LogP) is 3.77. The summed E-state index contributed by atoms with van der Waals surface area (Å²) in [7, 11) is 1.50. The summed E-state index contributed by atoms with van der Waals surface area (Å²) in [5.74, 6) is -1.64. The van der Waals surface area contributed by atoms with Gasteiger partial charge >= 0.3 is 17.8 Å². The highest BCUT2D eigenvalue weighted by Crippen LogP contribution is 2.23. The summed E-state index contributed by atoms with van der Waals surface area (Å²) in [6.45, 7) is 0. The Hall–Kier alpha value is -3.98. The lowest BCUT2D eigenvalue weighted by Gasteiger charge is -2.08. The molecular formula is C23H18BrN3O5. The van der Waals surface area contributed by atoms with Gasteiger partial charge in [0, 0.05) is 21.8 Å². The molecule has 0 radical (unpaired) electrons. The van der Waals surface area contributed by atoms with E-state index in [4.69, 9.17) is 9.47 Å². The number of carbonyl (C=O) groups excluding carboxylic acids is 3. The third kappa shape index (κ3) is 6.26. The van der Waals surface area contributed by atoms with Crippen molar-refractivity contribution in [1.29, 1.82) is 0 Å². The van der Waals surface area contributed by atoms with Crippen molar-refractivity contribution in [2.75, 3.05) is 12.4 Å². The zero-order valence-corrected chi connectivity index (χ0v) is 18.5. The maximum atomic E-state index is 12.3. The van der Waals surface area contributed by atoms with Gasteiger partial charge in [-0.3, -0.25) is 9.59 Å². The van der Waals surface area contributed by atoms with E-state index in [1.165, 1.54) is 13.3 Å². The van der Waals surface area contributed by atoms with E-state index in [-0.39, 0.29) is 5.75 Å². The number of hydrogen-bond donors (Lipinski definition) is 2. The quantitative estimate of drug-likeness (QED) is 0.178. The number of nitrogens with zero attached hydrogens (tertiary/aromatic N) is 1. The number of amides is 2. The molecule has 3 rings (SSSR count). The maximum Gasteiger partial charge on any atom is 0.343 e. The Morgan fingerprint density at radius 2 is 1.72 bits per heavy atom. The molecule has 0 aliphatic heterocycles. The largest absolute Gasteiger partial charge is 0.497 e. The normalized spacial score (nSPS) is 10.4. The fourth-order valence-electron chi connectivity index (χ4n) is 2.55. The lowest BCUT2D eigenvalue weighted by molar-refractivity contribution is -0.136. The van der Waals surface area contributed by atoms with Gasteiger partial charge in [-0.2, -0.15) is 5.10 Å². The first-order valence-electron chi connectivity index (χ1n) is 9.31. The molecular weight excluding hydrogens is 478 g/mol. The zero-order valence-electron chi connectivity index (χ0n) is 16.9. The molecule has 0 unspecified atom stereocenters. The third-order valence-corrected chi connectivity index (χ3v) is 4.58. The first-order valence-corrected chi connectivity index (χ1v) is 10.1. The average molecular weight is 496 g/mol. The van der Waals surface area contributed by atoms with E-state index in [1.54, 1.807) is 72.8 Å². The second-order valence-electron chi connectivity index (χ2n) is 6.32. The van der Waals surface area contributed by atoms with Gasteiger partial charge in [0.1, 0.15) is 11.5 Å². The van der Waals surface area contributed by atoms with Crippen molar-refractivity contribution in [2.45, 2.75) is 0 Å². The minimum atomic E-state index is -0.970. The first kappa shape index (κ1) is 22.7. The molecule has 9 heteroatoms. The molecule has 0 saturated carbocycles. The van der Waals surface area contributed by atoms with Gasteiger partial charge in [-0.15, -0.1) is 0 Å². The van der Waals surface area contributed by atoms with Gasteiger partial charge in [0.05, 0.1) is 18.9 Å². The Bertz CT molecular complexity index is 1170. The average Bonchev–Trinajstić information content (AvgIpc) is 2.81. The van der Waals surface area contributed by atoms with Crippen molar-refractivity contribution in [3.05, 3.63) is 88.4 Å². The Morgan fingerprint density at radius 1 is 0.938 bits per heavy atom. The number of methoxy groups -OCH3 is 1. The number of rotatable bonds is 6. The molecule has 8 nitrogen and oxygen atoms in total. The summed E-state index contributed by atoms with van der Waals surface area (Å²) in [6.07, 6.45) is 1.27. The molecule has 0 aliphatic carbocycles. The van der Waals surface area contributed by atoms with Crippen LogP contribution in [0.25, 0.3) is 0 Å². The topological polar surface area (TPSA) is 106 Å². The van der Waals surface area contributed by atoms with Crippen LogP contribution in [-0.4, -0.2) is 31.1 Å². The molecule has 0 saturated heterocycles. The van der Waals surface area contributed by atoms with Gasteiger partial charge < -0.3 is 14.8 Å². The number of hydrogen-bond acceptors (Lipinski definition) is 6. The minimum Gasteiger partial charge on any atom is -0.497 e. The van der Waals surface area contributed by atoms with Crippen molar-refractivity contribution in [1.82, 2.24) is 5.43 Å². The zero-order chi connectivity index (χ0) is 22.9. The first-order chi connectivity index (χ1) is 15.5. The van der Waals surface area contributed by atoms with Crippen LogP contribution < -0.4 is 20.2 Å². The molecule has 0 heterocycles. The molecule has 3 aromatic rings. The standard InChI is InChI=1S/C23H18BrN3O5/c1-31-19-9-5-8-18(13-19)26-21(28)22(29)27-25-14-16-12-17(24)10-11-20(16)32-23(30)15-6-3-2-4-7-15/h2-14H,1H3,(H,26,28)(H,27,29). The van der Waals surface area contributed by atoms with Crippen molar-refractivity contribution < 1.29 is 23.9 Å². The second kappa shape index (κ2) is 10.9. The minimum absolute atomic E-state index is 0.237. The van der Waals surface area contributed by atoms with E-state index in [9.17, 15) is 14.4 Å². The summed E-state index contributed by atoms with van der Waals surface area (Å²) < 4.78 is 11.2. The second-order valence-corrected chi connectivity index (χ2v) is 7.24. The van der Waals surface area contributed by atoms with E-state index in [2.05, 4.69) is 31.8 Å². The molecule has 0 fully saturated rings. The highest BCUT2D eigenvalue weighted by Gasteiger charge is 2.14. The van der Waals surface area contributed by atoms with Crippen LogP contribution in [-0.2, 0) is 9.59 Å². The summed E-state index contributed by atoms with van der Waals surface area (Å²) in [5, 5.41) is 6.25. The number of ether oxygens (including phenoxy) is 2. The Morgan fingerprint density at radius 3 is 2.47 bits per heavy atom. The SMILES string of the molecule is COc1cccc(NC(=O)C(=O)NN=Cc2cc(Br)ccc2OC(=O)c2ccccc2)c1. The molecule has 0 aliphatic rings. The number of anilines is 1. The fraction of sp³-hybridized carbons (Fsp3) is 0.0435. The van der Waals surface area contributed by atoms with Crippen molar-refractivity contribution in [3.63, 3.8) is 0 Å². The lowest BCUT2D eigenvalue weighted by atomic mass is 10.2.